The summed E-state index contributed by atoms with van der Waals surface area (Å²) in [6, 6.07) is -4.89. The van der Waals surface area contributed by atoms with Crippen molar-refractivity contribution in [2.45, 2.75) is 62.7 Å². The highest BCUT2D eigenvalue weighted by Gasteiger charge is 2.42. The van der Waals surface area contributed by atoms with Crippen LogP contribution in [0.5, 0.6) is 5.75 Å². The lowest BCUT2D eigenvalue weighted by Crippen LogP contribution is -2.57. The van der Waals surface area contributed by atoms with Crippen molar-refractivity contribution in [3.63, 3.8) is 0 Å². The van der Waals surface area contributed by atoms with E-state index in [0.717, 1.165) is 4.90 Å². The van der Waals surface area contributed by atoms with Crippen LogP contribution in [0.2, 0.25) is 25.1 Å². The van der Waals surface area contributed by atoms with Gasteiger partial charge in [-0.2, -0.15) is 0 Å². The number of ether oxygens (including phenoxy) is 1. The van der Waals surface area contributed by atoms with Crippen molar-refractivity contribution < 1.29 is 33.5 Å². The van der Waals surface area contributed by atoms with Gasteiger partial charge in [0.05, 0.1) is 34.0 Å². The fraction of sp³-hybridized carbons (Fsp3) is 0.500. The first-order valence-electron chi connectivity index (χ1n) is 12.6. The Kier molecular flexibility index (Phi) is 13.4. The lowest BCUT2D eigenvalue weighted by molar-refractivity contribution is -0.148. The Bertz CT molecular complexity index is 1290. The van der Waals surface area contributed by atoms with Crippen LogP contribution in [0.25, 0.3) is 0 Å². The second kappa shape index (κ2) is 15.6. The molecule has 0 bridgehead atoms. The molecule has 3 rings (SSSR count). The van der Waals surface area contributed by atoms with Crippen LogP contribution >= 0.6 is 70.4 Å². The van der Waals surface area contributed by atoms with E-state index in [-0.39, 0.29) is 69.2 Å². The van der Waals surface area contributed by atoms with E-state index in [1.54, 1.807) is 0 Å². The molecule has 0 aliphatic carbocycles. The molecule has 1 aromatic rings. The molecule has 0 radical (unpaired) electrons. The van der Waals surface area contributed by atoms with Gasteiger partial charge in [0.25, 0.3) is 0 Å². The monoisotopic (exact) mass is 722 g/mol. The van der Waals surface area contributed by atoms with Gasteiger partial charge in [0.15, 0.2) is 5.75 Å². The Labute approximate surface area is 277 Å². The number of halogens is 6. The first-order chi connectivity index (χ1) is 19.6. The van der Waals surface area contributed by atoms with Crippen LogP contribution in [0, 0.1) is 0 Å². The number of carbonyl (C=O) groups is 6. The van der Waals surface area contributed by atoms with Gasteiger partial charge in [-0.15, -0.1) is 12.4 Å². The molecule has 2 aliphatic rings. The van der Waals surface area contributed by atoms with Gasteiger partial charge in [0, 0.05) is 13.1 Å². The van der Waals surface area contributed by atoms with Crippen molar-refractivity contribution in [3.8, 4) is 5.75 Å². The van der Waals surface area contributed by atoms with Crippen molar-refractivity contribution in [3.05, 3.63) is 25.1 Å². The molecule has 0 aromatic heterocycles. The maximum Gasteiger partial charge on any atom is 0.334 e. The number of likely N-dealkylation sites (tertiary alicyclic amines) is 2. The van der Waals surface area contributed by atoms with E-state index in [1.165, 1.54) is 4.90 Å². The number of rotatable bonds is 10. The number of hydrogen-bond donors (Lipinski definition) is 4. The third-order valence-electron chi connectivity index (χ3n) is 6.78. The van der Waals surface area contributed by atoms with E-state index in [2.05, 4.69) is 5.32 Å². The summed E-state index contributed by atoms with van der Waals surface area (Å²) in [5.41, 5.74) is 16.2. The lowest BCUT2D eigenvalue weighted by Gasteiger charge is -2.30. The third-order valence-corrected chi connectivity index (χ3v) is 9.02. The highest BCUT2D eigenvalue weighted by Crippen LogP contribution is 2.48. The molecule has 13 nitrogen and oxygen atoms in total. The summed E-state index contributed by atoms with van der Waals surface area (Å²) in [5, 5.41) is 1.39. The van der Waals surface area contributed by atoms with Crippen molar-refractivity contribution in [1.82, 2.24) is 15.1 Å². The van der Waals surface area contributed by atoms with Gasteiger partial charge in [-0.05, 0) is 25.7 Å². The number of carbonyl (C=O) groups excluding carboxylic acids is 6. The smallest absolute Gasteiger partial charge is 0.334 e. The highest BCUT2D eigenvalue weighted by molar-refractivity contribution is 6.55. The molecule has 2 fully saturated rings. The summed E-state index contributed by atoms with van der Waals surface area (Å²) in [7, 11) is 0. The van der Waals surface area contributed by atoms with Crippen molar-refractivity contribution in [1.29, 1.82) is 0 Å². The Balaban J connectivity index is 0.00000645. The number of nitrogens with two attached hydrogens (primary N) is 3. The van der Waals surface area contributed by atoms with Crippen LogP contribution in [-0.2, 0) is 28.8 Å². The molecule has 43 heavy (non-hydrogen) atoms. The van der Waals surface area contributed by atoms with Crippen molar-refractivity contribution in [2.24, 2.45) is 17.2 Å². The van der Waals surface area contributed by atoms with Gasteiger partial charge >= 0.3 is 5.97 Å². The number of nitrogens with zero attached hydrogens (tertiary/aromatic N) is 2. The summed E-state index contributed by atoms with van der Waals surface area (Å²) in [5.74, 6) is -5.16. The Morgan fingerprint density at radius 3 is 1.74 bits per heavy atom. The minimum Gasteiger partial charge on any atom is -0.422 e. The molecule has 0 spiro atoms. The maximum atomic E-state index is 13.6. The quantitative estimate of drug-likeness (QED) is 0.121. The number of hydrogen-bond acceptors (Lipinski definition) is 8. The normalized spacial score (nSPS) is 19.3. The van der Waals surface area contributed by atoms with E-state index in [0.29, 0.717) is 12.8 Å². The van der Waals surface area contributed by atoms with E-state index >= 15 is 0 Å². The van der Waals surface area contributed by atoms with Gasteiger partial charge < -0.3 is 37.1 Å². The second-order valence-electron chi connectivity index (χ2n) is 9.71. The highest BCUT2D eigenvalue weighted by atomic mass is 35.5. The Morgan fingerprint density at radius 2 is 1.23 bits per heavy atom. The van der Waals surface area contributed by atoms with Crippen LogP contribution in [0.4, 0.5) is 0 Å². The standard InChI is InChI=1S/C24H27Cl5N6O7.ClH/c25-15-16(26)18(28)20(19(29)17(15)27)42-24(41)12-4-2-6-35(12)23(40)10(8-14(32)37)33-21(38)11-3-1-5-34(11)22(39)9(30)7-13(31)36;/h9-12H,1-8,30H2,(H2,31,36)(H2,32,37)(H,33,38);1H/t9-,10-,11-,12-;/m0./s1. The molecule has 4 atom stereocenters. The number of esters is 1. The molecule has 238 valence electrons. The van der Waals surface area contributed by atoms with Crippen LogP contribution in [0.3, 0.4) is 0 Å². The maximum absolute atomic E-state index is 13.6. The largest absolute Gasteiger partial charge is 0.422 e. The van der Waals surface area contributed by atoms with Gasteiger partial charge in [-0.1, -0.05) is 58.0 Å². The second-order valence-corrected chi connectivity index (χ2v) is 11.6. The van der Waals surface area contributed by atoms with Gasteiger partial charge in [-0.25, -0.2) is 4.79 Å². The molecule has 0 saturated carbocycles. The molecule has 5 amide bonds. The predicted octanol–water partition coefficient (Wildman–Crippen LogP) is 1.83. The van der Waals surface area contributed by atoms with E-state index < -0.39 is 72.5 Å². The minimum absolute atomic E-state index is 0. The molecule has 0 unspecified atom stereocenters. The summed E-state index contributed by atoms with van der Waals surface area (Å²) < 4.78 is 5.38. The van der Waals surface area contributed by atoms with Crippen LogP contribution in [0.15, 0.2) is 0 Å². The average molecular weight is 725 g/mol. The summed E-state index contributed by atoms with van der Waals surface area (Å²) >= 11 is 30.4. The Hall–Kier alpha value is -2.26. The number of primary amides is 2. The Morgan fingerprint density at radius 1 is 0.767 bits per heavy atom. The minimum atomic E-state index is -1.47. The molecule has 1 aromatic carbocycles. The van der Waals surface area contributed by atoms with Crippen LogP contribution in [-0.4, -0.2) is 82.6 Å². The van der Waals surface area contributed by atoms with E-state index in [9.17, 15) is 28.8 Å². The first-order valence-corrected chi connectivity index (χ1v) is 14.5. The fourth-order valence-corrected chi connectivity index (χ4v) is 6.01. The molecule has 2 saturated heterocycles. The first kappa shape index (κ1) is 36.9. The predicted molar refractivity (Wildman–Crippen MR) is 161 cm³/mol. The SMILES string of the molecule is Cl.NC(=O)C[C@H](NC(=O)[C@@H]1CCCN1C(=O)[C@@H](N)CC(N)=O)C(=O)N1CCC[C@H]1C(=O)Oc1c(Cl)c(Cl)c(Cl)c(Cl)c1Cl. The molecule has 2 aliphatic heterocycles. The average Bonchev–Trinajstić information content (AvgIpc) is 3.61. The van der Waals surface area contributed by atoms with Crippen LogP contribution in [0.1, 0.15) is 38.5 Å². The van der Waals surface area contributed by atoms with E-state index in [1.807, 2.05) is 0 Å². The summed E-state index contributed by atoms with van der Waals surface area (Å²) in [6.07, 6.45) is 0.244. The zero-order valence-corrected chi connectivity index (χ0v) is 26.8. The van der Waals surface area contributed by atoms with Crippen LogP contribution < -0.4 is 27.3 Å². The summed E-state index contributed by atoms with van der Waals surface area (Å²) in [6.45, 7) is 0.269. The van der Waals surface area contributed by atoms with Crippen molar-refractivity contribution >= 4 is 106 Å². The molecule has 19 heteroatoms. The van der Waals surface area contributed by atoms with E-state index in [4.69, 9.17) is 79.9 Å². The zero-order valence-electron chi connectivity index (χ0n) is 22.2. The number of amides is 5. The van der Waals surface area contributed by atoms with Gasteiger partial charge in [0.2, 0.25) is 29.5 Å². The summed E-state index contributed by atoms with van der Waals surface area (Å²) in [4.78, 5) is 78.0. The molecular formula is C24H28Cl6N6O7. The van der Waals surface area contributed by atoms with Crippen molar-refractivity contribution in [2.75, 3.05) is 13.1 Å². The molecular weight excluding hydrogens is 697 g/mol. The third kappa shape index (κ3) is 8.47. The topological polar surface area (TPSA) is 208 Å². The van der Waals surface area contributed by atoms with Gasteiger partial charge in [-0.3, -0.25) is 24.0 Å². The zero-order chi connectivity index (χ0) is 31.5. The number of nitrogens with one attached hydrogen (secondary N) is 1. The lowest BCUT2D eigenvalue weighted by atomic mass is 10.1. The molecule has 2 heterocycles. The fourth-order valence-electron chi connectivity index (χ4n) is 4.81. The molecule has 7 N–H and O–H groups in total. The number of benzene rings is 1. The van der Waals surface area contributed by atoms with Gasteiger partial charge in [0.1, 0.15) is 28.2 Å².